The fourth-order valence-corrected chi connectivity index (χ4v) is 5.46. The first-order valence-corrected chi connectivity index (χ1v) is 10.3. The maximum Gasteiger partial charge on any atom is 0.192 e. The summed E-state index contributed by atoms with van der Waals surface area (Å²) in [6.07, 6.45) is 1.99. The molecule has 2 nitrogen and oxygen atoms in total. The van der Waals surface area contributed by atoms with E-state index in [1.807, 2.05) is 20.8 Å². The summed E-state index contributed by atoms with van der Waals surface area (Å²) in [4.78, 5) is 0. The Morgan fingerprint density at radius 1 is 1.16 bits per heavy atom. The van der Waals surface area contributed by atoms with E-state index in [1.54, 1.807) is 0 Å². The van der Waals surface area contributed by atoms with Gasteiger partial charge in [-0.1, -0.05) is 40.7 Å². The van der Waals surface area contributed by atoms with Crippen molar-refractivity contribution in [1.29, 1.82) is 0 Å². The maximum absolute atomic E-state index is 10.8. The van der Waals surface area contributed by atoms with Gasteiger partial charge in [0, 0.05) is 0 Å². The van der Waals surface area contributed by atoms with E-state index in [0.29, 0.717) is 5.92 Å². The zero-order chi connectivity index (χ0) is 15.3. The Hall–Kier alpha value is -0.123. The first-order valence-electron chi connectivity index (χ1n) is 7.74. The normalized spacial score (nSPS) is 18.5. The van der Waals surface area contributed by atoms with Crippen LogP contribution in [0, 0.1) is 5.92 Å². The first kappa shape index (κ1) is 18.9. The van der Waals surface area contributed by atoms with E-state index >= 15 is 0 Å². The summed E-state index contributed by atoms with van der Waals surface area (Å²) in [5, 5.41) is 10.8. The lowest BCUT2D eigenvalue weighted by atomic mass is 9.90. The minimum Gasteiger partial charge on any atom is -0.411 e. The minimum atomic E-state index is -1.66. The van der Waals surface area contributed by atoms with Gasteiger partial charge in [0.1, 0.15) is 5.60 Å². The van der Waals surface area contributed by atoms with Crippen LogP contribution in [0.3, 0.4) is 0 Å². The van der Waals surface area contributed by atoms with Crippen molar-refractivity contribution in [3.8, 4) is 0 Å². The van der Waals surface area contributed by atoms with Gasteiger partial charge in [0.2, 0.25) is 0 Å². The van der Waals surface area contributed by atoms with Crippen LogP contribution in [-0.4, -0.2) is 25.1 Å². The standard InChI is InChI=1S/C16H34O2Si/c1-9-19(10-2,11-3)18-15(7)16(8,17)14(6)12-13(4)5/h12-13,15,17H,9-11H2,1-8H3/b14-12+/t15-,16-/m0/s1. The molecule has 0 saturated heterocycles. The zero-order valence-electron chi connectivity index (χ0n) is 14.2. The summed E-state index contributed by atoms with van der Waals surface area (Å²) in [6, 6.07) is 3.36. The molecule has 0 saturated carbocycles. The molecule has 0 spiro atoms. The predicted molar refractivity (Wildman–Crippen MR) is 87.0 cm³/mol. The Morgan fingerprint density at radius 3 is 1.89 bits per heavy atom. The van der Waals surface area contributed by atoms with E-state index in [-0.39, 0.29) is 6.10 Å². The Kier molecular flexibility index (Phi) is 7.55. The van der Waals surface area contributed by atoms with Crippen LogP contribution in [0.15, 0.2) is 11.6 Å². The first-order chi connectivity index (χ1) is 8.65. The molecule has 0 aliphatic heterocycles. The quantitative estimate of drug-likeness (QED) is 0.515. The maximum atomic E-state index is 10.8. The van der Waals surface area contributed by atoms with E-state index in [2.05, 4.69) is 40.7 Å². The molecule has 0 radical (unpaired) electrons. The number of hydrogen-bond acceptors (Lipinski definition) is 2. The number of allylic oxidation sites excluding steroid dienone is 1. The van der Waals surface area contributed by atoms with Crippen LogP contribution in [0.5, 0.6) is 0 Å². The molecule has 2 atom stereocenters. The lowest BCUT2D eigenvalue weighted by molar-refractivity contribution is -0.0162. The number of rotatable bonds is 8. The Morgan fingerprint density at radius 2 is 1.58 bits per heavy atom. The van der Waals surface area contributed by atoms with Gasteiger partial charge in [-0.2, -0.15) is 0 Å². The van der Waals surface area contributed by atoms with Crippen molar-refractivity contribution < 1.29 is 9.53 Å². The lowest BCUT2D eigenvalue weighted by Crippen LogP contribution is -2.48. The van der Waals surface area contributed by atoms with Crippen molar-refractivity contribution in [2.75, 3.05) is 0 Å². The van der Waals surface area contributed by atoms with Crippen molar-refractivity contribution in [3.05, 3.63) is 11.6 Å². The minimum absolute atomic E-state index is 0.144. The topological polar surface area (TPSA) is 29.5 Å². The van der Waals surface area contributed by atoms with E-state index < -0.39 is 13.9 Å². The monoisotopic (exact) mass is 286 g/mol. The SMILES string of the molecule is CC[Si](CC)(CC)O[C@@H](C)[C@@](C)(O)/C(C)=C/C(C)C. The van der Waals surface area contributed by atoms with Gasteiger partial charge >= 0.3 is 0 Å². The molecule has 0 bridgehead atoms. The lowest BCUT2D eigenvalue weighted by Gasteiger charge is -2.39. The van der Waals surface area contributed by atoms with Gasteiger partial charge in [-0.3, -0.25) is 0 Å². The van der Waals surface area contributed by atoms with Gasteiger partial charge in [0.05, 0.1) is 6.10 Å². The van der Waals surface area contributed by atoms with Gasteiger partial charge in [0.15, 0.2) is 8.32 Å². The smallest absolute Gasteiger partial charge is 0.192 e. The van der Waals surface area contributed by atoms with Crippen molar-refractivity contribution in [2.24, 2.45) is 5.92 Å². The molecule has 0 heterocycles. The van der Waals surface area contributed by atoms with Crippen LogP contribution in [-0.2, 0) is 4.43 Å². The highest BCUT2D eigenvalue weighted by Crippen LogP contribution is 2.30. The molecule has 0 fully saturated rings. The third-order valence-corrected chi connectivity index (χ3v) is 9.25. The van der Waals surface area contributed by atoms with Crippen molar-refractivity contribution in [2.45, 2.75) is 85.2 Å². The highest BCUT2D eigenvalue weighted by molar-refractivity contribution is 6.73. The molecule has 0 amide bonds. The summed E-state index contributed by atoms with van der Waals surface area (Å²) in [5.74, 6) is 0.448. The van der Waals surface area contributed by atoms with E-state index in [4.69, 9.17) is 4.43 Å². The number of aliphatic hydroxyl groups is 1. The number of hydrogen-bond donors (Lipinski definition) is 1. The van der Waals surface area contributed by atoms with Crippen molar-refractivity contribution >= 4 is 8.32 Å². The van der Waals surface area contributed by atoms with Gasteiger partial charge in [-0.05, 0) is 50.4 Å². The van der Waals surface area contributed by atoms with Gasteiger partial charge in [-0.15, -0.1) is 0 Å². The molecule has 0 aromatic rings. The van der Waals surface area contributed by atoms with Crippen molar-refractivity contribution in [1.82, 2.24) is 0 Å². The van der Waals surface area contributed by atoms with Crippen LogP contribution in [0.1, 0.15) is 55.4 Å². The largest absolute Gasteiger partial charge is 0.411 e. The Labute approximate surface area is 121 Å². The molecular weight excluding hydrogens is 252 g/mol. The van der Waals surface area contributed by atoms with Crippen LogP contribution in [0.4, 0.5) is 0 Å². The summed E-state index contributed by atoms with van der Waals surface area (Å²) >= 11 is 0. The fraction of sp³-hybridized carbons (Fsp3) is 0.875. The van der Waals surface area contributed by atoms with Gasteiger partial charge in [0.25, 0.3) is 0 Å². The van der Waals surface area contributed by atoms with E-state index in [0.717, 1.165) is 23.7 Å². The molecule has 0 aliphatic rings. The van der Waals surface area contributed by atoms with Gasteiger partial charge in [-0.25, -0.2) is 0 Å². The summed E-state index contributed by atoms with van der Waals surface area (Å²) in [6.45, 7) is 16.8. The molecular formula is C16H34O2Si. The predicted octanol–water partition coefficient (Wildman–Crippen LogP) is 4.75. The third kappa shape index (κ3) is 5.05. The summed E-state index contributed by atoms with van der Waals surface area (Å²) in [5.41, 5.74) is 0.142. The van der Waals surface area contributed by atoms with Crippen molar-refractivity contribution in [3.63, 3.8) is 0 Å². The molecule has 1 N–H and O–H groups in total. The van der Waals surface area contributed by atoms with E-state index in [1.165, 1.54) is 0 Å². The van der Waals surface area contributed by atoms with Crippen LogP contribution in [0.2, 0.25) is 18.1 Å². The fourth-order valence-electron chi connectivity index (χ4n) is 2.48. The molecule has 0 rings (SSSR count). The highest BCUT2D eigenvalue weighted by Gasteiger charge is 2.38. The molecule has 0 aromatic carbocycles. The van der Waals surface area contributed by atoms with Crippen LogP contribution >= 0.6 is 0 Å². The Bertz CT molecular complexity index is 283. The average Bonchev–Trinajstić information content (AvgIpc) is 2.35. The molecule has 19 heavy (non-hydrogen) atoms. The summed E-state index contributed by atoms with van der Waals surface area (Å²) in [7, 11) is -1.66. The second kappa shape index (κ2) is 7.60. The molecule has 3 heteroatoms. The van der Waals surface area contributed by atoms with E-state index in [9.17, 15) is 5.11 Å². The van der Waals surface area contributed by atoms with Crippen LogP contribution in [0.25, 0.3) is 0 Å². The molecule has 0 unspecified atom stereocenters. The third-order valence-electron chi connectivity index (χ3n) is 4.53. The highest BCUT2D eigenvalue weighted by atomic mass is 28.4. The Balaban J connectivity index is 5.03. The van der Waals surface area contributed by atoms with Gasteiger partial charge < -0.3 is 9.53 Å². The molecule has 0 aliphatic carbocycles. The second-order valence-corrected chi connectivity index (χ2v) is 11.0. The van der Waals surface area contributed by atoms with Crippen LogP contribution < -0.4 is 0 Å². The average molecular weight is 287 g/mol. The zero-order valence-corrected chi connectivity index (χ0v) is 15.2. The second-order valence-electron chi connectivity index (χ2n) is 6.24. The molecule has 0 aromatic heterocycles. The summed E-state index contributed by atoms with van der Waals surface area (Å²) < 4.78 is 6.40. The molecule has 114 valence electrons.